The van der Waals surface area contributed by atoms with Crippen molar-refractivity contribution in [1.82, 2.24) is 4.98 Å². The van der Waals surface area contributed by atoms with Crippen LogP contribution in [-0.2, 0) is 4.74 Å². The summed E-state index contributed by atoms with van der Waals surface area (Å²) in [5.74, 6) is 2.07. The van der Waals surface area contributed by atoms with Crippen LogP contribution in [0.4, 0.5) is 11.6 Å². The monoisotopic (exact) mass is 223 g/mol. The number of anilines is 2. The summed E-state index contributed by atoms with van der Waals surface area (Å²) in [4.78, 5) is 6.47. The summed E-state index contributed by atoms with van der Waals surface area (Å²) >= 11 is 0. The van der Waals surface area contributed by atoms with E-state index < -0.39 is 0 Å². The van der Waals surface area contributed by atoms with Gasteiger partial charge in [-0.15, -0.1) is 0 Å². The Bertz CT molecular complexity index is 370. The molecule has 0 saturated carbocycles. The Labute approximate surface area is 95.2 Å². The number of methoxy groups -OCH3 is 1. The van der Waals surface area contributed by atoms with E-state index in [1.54, 1.807) is 13.2 Å². The molecule has 0 aromatic carbocycles. The van der Waals surface area contributed by atoms with E-state index in [0.29, 0.717) is 12.4 Å². The van der Waals surface area contributed by atoms with Gasteiger partial charge >= 0.3 is 0 Å². The molecule has 0 aliphatic carbocycles. The third-order valence-electron chi connectivity index (χ3n) is 2.62. The molecule has 0 bridgehead atoms. The Morgan fingerprint density at radius 3 is 3.06 bits per heavy atom. The Morgan fingerprint density at radius 1 is 1.56 bits per heavy atom. The lowest BCUT2D eigenvalue weighted by atomic mass is 10.3. The molecule has 88 valence electrons. The molecule has 0 spiro atoms. The standard InChI is InChI=1S/C11H17N3O2/c1-8-7-14(5-6-16-8)11-9(15-2)3-4-10(12)13-11/h3-4,8H,5-7H2,1-2H3,(H2,12,13). The Hall–Kier alpha value is -1.49. The number of pyridine rings is 1. The summed E-state index contributed by atoms with van der Waals surface area (Å²) in [5.41, 5.74) is 5.70. The summed E-state index contributed by atoms with van der Waals surface area (Å²) in [5, 5.41) is 0. The van der Waals surface area contributed by atoms with Gasteiger partial charge in [-0.25, -0.2) is 4.98 Å². The lowest BCUT2D eigenvalue weighted by molar-refractivity contribution is 0.0528. The molecule has 16 heavy (non-hydrogen) atoms. The van der Waals surface area contributed by atoms with E-state index in [-0.39, 0.29) is 6.10 Å². The van der Waals surface area contributed by atoms with Crippen molar-refractivity contribution in [3.63, 3.8) is 0 Å². The Kier molecular flexibility index (Phi) is 3.14. The molecule has 1 aromatic heterocycles. The third kappa shape index (κ3) is 2.19. The van der Waals surface area contributed by atoms with Gasteiger partial charge in [0.15, 0.2) is 11.6 Å². The van der Waals surface area contributed by atoms with Gasteiger partial charge in [0, 0.05) is 13.1 Å². The highest BCUT2D eigenvalue weighted by molar-refractivity contribution is 5.56. The molecule has 1 unspecified atom stereocenters. The third-order valence-corrected chi connectivity index (χ3v) is 2.62. The van der Waals surface area contributed by atoms with Crippen molar-refractivity contribution in [3.05, 3.63) is 12.1 Å². The SMILES string of the molecule is COc1ccc(N)nc1N1CCOC(C)C1. The van der Waals surface area contributed by atoms with Crippen LogP contribution in [0.3, 0.4) is 0 Å². The number of ether oxygens (including phenoxy) is 2. The van der Waals surface area contributed by atoms with Gasteiger partial charge in [-0.3, -0.25) is 0 Å². The van der Waals surface area contributed by atoms with E-state index in [0.717, 1.165) is 24.7 Å². The molecule has 2 N–H and O–H groups in total. The van der Waals surface area contributed by atoms with Gasteiger partial charge in [0.2, 0.25) is 0 Å². The van der Waals surface area contributed by atoms with Crippen molar-refractivity contribution in [2.45, 2.75) is 13.0 Å². The molecule has 0 radical (unpaired) electrons. The number of morpholine rings is 1. The largest absolute Gasteiger partial charge is 0.493 e. The van der Waals surface area contributed by atoms with E-state index in [1.165, 1.54) is 0 Å². The molecular weight excluding hydrogens is 206 g/mol. The molecule has 1 atom stereocenters. The maximum absolute atomic E-state index is 5.70. The molecule has 1 aromatic rings. The van der Waals surface area contributed by atoms with Crippen LogP contribution in [0.15, 0.2) is 12.1 Å². The predicted octanol–water partition coefficient (Wildman–Crippen LogP) is 0.897. The van der Waals surface area contributed by atoms with Crippen LogP contribution in [0.2, 0.25) is 0 Å². The van der Waals surface area contributed by atoms with Crippen molar-refractivity contribution in [2.75, 3.05) is 37.4 Å². The van der Waals surface area contributed by atoms with Crippen molar-refractivity contribution in [1.29, 1.82) is 0 Å². The second-order valence-corrected chi connectivity index (χ2v) is 3.89. The Morgan fingerprint density at radius 2 is 2.38 bits per heavy atom. The molecular formula is C11H17N3O2. The topological polar surface area (TPSA) is 60.6 Å². The number of aromatic nitrogens is 1. The summed E-state index contributed by atoms with van der Waals surface area (Å²) in [6.07, 6.45) is 0.210. The summed E-state index contributed by atoms with van der Waals surface area (Å²) in [6.45, 7) is 4.38. The zero-order chi connectivity index (χ0) is 11.5. The van der Waals surface area contributed by atoms with Crippen molar-refractivity contribution < 1.29 is 9.47 Å². The van der Waals surface area contributed by atoms with Crippen molar-refractivity contribution in [3.8, 4) is 5.75 Å². The summed E-state index contributed by atoms with van der Waals surface area (Å²) in [7, 11) is 1.64. The van der Waals surface area contributed by atoms with Crippen LogP contribution >= 0.6 is 0 Å². The molecule has 2 heterocycles. The van der Waals surface area contributed by atoms with E-state index in [2.05, 4.69) is 9.88 Å². The van der Waals surface area contributed by atoms with Gasteiger partial charge in [0.05, 0.1) is 19.8 Å². The maximum atomic E-state index is 5.70. The maximum Gasteiger partial charge on any atom is 0.173 e. The van der Waals surface area contributed by atoms with Gasteiger partial charge in [0.25, 0.3) is 0 Å². The van der Waals surface area contributed by atoms with E-state index in [1.807, 2.05) is 13.0 Å². The van der Waals surface area contributed by atoms with Crippen molar-refractivity contribution in [2.24, 2.45) is 0 Å². The fraction of sp³-hybridized carbons (Fsp3) is 0.545. The summed E-state index contributed by atoms with van der Waals surface area (Å²) in [6, 6.07) is 3.59. The molecule has 1 aliphatic rings. The van der Waals surface area contributed by atoms with Crippen LogP contribution < -0.4 is 15.4 Å². The zero-order valence-electron chi connectivity index (χ0n) is 9.64. The van der Waals surface area contributed by atoms with Gasteiger partial charge in [-0.2, -0.15) is 0 Å². The second-order valence-electron chi connectivity index (χ2n) is 3.89. The van der Waals surface area contributed by atoms with E-state index in [4.69, 9.17) is 15.2 Å². The fourth-order valence-electron chi connectivity index (χ4n) is 1.85. The lowest BCUT2D eigenvalue weighted by Gasteiger charge is -2.32. The smallest absolute Gasteiger partial charge is 0.173 e. The minimum Gasteiger partial charge on any atom is -0.493 e. The summed E-state index contributed by atoms with van der Waals surface area (Å²) < 4.78 is 10.8. The first-order valence-electron chi connectivity index (χ1n) is 5.37. The van der Waals surface area contributed by atoms with Crippen LogP contribution in [0.1, 0.15) is 6.92 Å². The minimum atomic E-state index is 0.210. The average molecular weight is 223 g/mol. The number of nitrogens with zero attached hydrogens (tertiary/aromatic N) is 2. The van der Waals surface area contributed by atoms with Gasteiger partial charge in [-0.05, 0) is 19.1 Å². The fourth-order valence-corrected chi connectivity index (χ4v) is 1.85. The van der Waals surface area contributed by atoms with Crippen LogP contribution in [-0.4, -0.2) is 37.9 Å². The quantitative estimate of drug-likeness (QED) is 0.807. The minimum absolute atomic E-state index is 0.210. The van der Waals surface area contributed by atoms with Crippen LogP contribution in [0.5, 0.6) is 5.75 Å². The molecule has 1 saturated heterocycles. The highest BCUT2D eigenvalue weighted by Crippen LogP contribution is 2.28. The molecule has 2 rings (SSSR count). The first-order chi connectivity index (χ1) is 7.70. The van der Waals surface area contributed by atoms with Crippen molar-refractivity contribution >= 4 is 11.6 Å². The molecule has 1 fully saturated rings. The normalized spacial score (nSPS) is 20.9. The van der Waals surface area contributed by atoms with E-state index >= 15 is 0 Å². The number of hydrogen-bond donors (Lipinski definition) is 1. The predicted molar refractivity (Wildman–Crippen MR) is 62.8 cm³/mol. The molecule has 5 heteroatoms. The number of hydrogen-bond acceptors (Lipinski definition) is 5. The zero-order valence-corrected chi connectivity index (χ0v) is 9.64. The molecule has 0 amide bonds. The number of rotatable bonds is 2. The highest BCUT2D eigenvalue weighted by Gasteiger charge is 2.21. The number of nitrogen functional groups attached to an aromatic ring is 1. The second kappa shape index (κ2) is 4.57. The first-order valence-corrected chi connectivity index (χ1v) is 5.37. The van der Waals surface area contributed by atoms with Gasteiger partial charge in [0.1, 0.15) is 5.82 Å². The van der Waals surface area contributed by atoms with Crippen LogP contribution in [0.25, 0.3) is 0 Å². The average Bonchev–Trinajstić information content (AvgIpc) is 2.29. The lowest BCUT2D eigenvalue weighted by Crippen LogP contribution is -2.41. The highest BCUT2D eigenvalue weighted by atomic mass is 16.5. The van der Waals surface area contributed by atoms with Crippen LogP contribution in [0, 0.1) is 0 Å². The van der Waals surface area contributed by atoms with E-state index in [9.17, 15) is 0 Å². The molecule has 5 nitrogen and oxygen atoms in total. The van der Waals surface area contributed by atoms with Gasteiger partial charge in [-0.1, -0.05) is 0 Å². The number of nitrogens with two attached hydrogens (primary N) is 1. The molecule has 1 aliphatic heterocycles. The van der Waals surface area contributed by atoms with Gasteiger partial charge < -0.3 is 20.1 Å². The Balaban J connectivity index is 2.26. The first kappa shape index (κ1) is 11.0.